The van der Waals surface area contributed by atoms with E-state index in [-0.39, 0.29) is 26.2 Å². The summed E-state index contributed by atoms with van der Waals surface area (Å²) >= 11 is 0. The van der Waals surface area contributed by atoms with Gasteiger partial charge >= 0.3 is 0 Å². The number of aryl methyl sites for hydroxylation is 2. The molecule has 0 atom stereocenters. The van der Waals surface area contributed by atoms with Crippen molar-refractivity contribution in [1.82, 2.24) is 0 Å². The third-order valence-electron chi connectivity index (χ3n) is 3.36. The van der Waals surface area contributed by atoms with E-state index in [9.17, 15) is 0 Å². The largest absolute Gasteiger partial charge is 0.0619 e. The first kappa shape index (κ1) is 13.5. The van der Waals surface area contributed by atoms with Crippen LogP contribution in [0, 0.1) is 13.8 Å². The predicted molar refractivity (Wildman–Crippen MR) is 73.9 cm³/mol. The van der Waals surface area contributed by atoms with Gasteiger partial charge in [0.2, 0.25) is 0 Å². The van der Waals surface area contributed by atoms with Crippen LogP contribution in [0.15, 0.2) is 42.5 Å². The van der Waals surface area contributed by atoms with E-state index in [0.29, 0.717) is 0 Å². The molecule has 0 aliphatic heterocycles. The maximum Gasteiger partial charge on any atom is 0 e. The van der Waals surface area contributed by atoms with Gasteiger partial charge in [-0.1, -0.05) is 59.7 Å². The van der Waals surface area contributed by atoms with Crippen LogP contribution in [0.3, 0.4) is 0 Å². The fraction of sp³-hybridized carbons (Fsp3) is 0.176. The molecule has 1 aliphatic rings. The Bertz CT molecular complexity index is 589. The molecule has 0 bridgehead atoms. The first-order chi connectivity index (χ1) is 8.22. The maximum absolute atomic E-state index is 2.32. The molecule has 0 aromatic heterocycles. The number of hydrogen-bond acceptors (Lipinski definition) is 0. The zero-order chi connectivity index (χ0) is 11.8. The van der Waals surface area contributed by atoms with Crippen molar-refractivity contribution in [3.63, 3.8) is 0 Å². The van der Waals surface area contributed by atoms with Crippen LogP contribution in [0.2, 0.25) is 0 Å². The number of benzene rings is 2. The molecule has 0 nitrogen and oxygen atoms in total. The number of rotatable bonds is 1. The third-order valence-corrected chi connectivity index (χ3v) is 3.36. The Hall–Kier alpha value is -0.937. The van der Waals surface area contributed by atoms with Crippen LogP contribution in [0.4, 0.5) is 0 Å². The van der Waals surface area contributed by atoms with Crippen LogP contribution in [0.1, 0.15) is 27.8 Å². The molecule has 3 rings (SSSR count). The second-order valence-corrected chi connectivity index (χ2v) is 4.92. The molecule has 0 spiro atoms. The van der Waals surface area contributed by atoms with E-state index in [1.807, 2.05) is 0 Å². The van der Waals surface area contributed by atoms with Gasteiger partial charge in [0.1, 0.15) is 0 Å². The van der Waals surface area contributed by atoms with Crippen molar-refractivity contribution in [2.24, 2.45) is 0 Å². The quantitative estimate of drug-likeness (QED) is 0.732. The van der Waals surface area contributed by atoms with Crippen molar-refractivity contribution < 1.29 is 26.2 Å². The smallest absolute Gasteiger partial charge is 0 e. The van der Waals surface area contributed by atoms with Crippen molar-refractivity contribution in [3.8, 4) is 0 Å². The molecule has 2 aromatic rings. The van der Waals surface area contributed by atoms with Gasteiger partial charge in [0.15, 0.2) is 0 Å². The Morgan fingerprint density at radius 2 is 1.56 bits per heavy atom. The molecule has 0 radical (unpaired) electrons. The molecule has 0 saturated carbocycles. The summed E-state index contributed by atoms with van der Waals surface area (Å²) < 4.78 is 0. The average molecular weight is 312 g/mol. The standard InChI is InChI=1S/C17H16.Zr/c1-12-7-13(2)9-16(8-12)17-10-14-5-3-4-6-15(14)11-17;/h3-10H,11H2,1-2H3;. The van der Waals surface area contributed by atoms with Crippen LogP contribution in [-0.2, 0) is 32.6 Å². The van der Waals surface area contributed by atoms with Crippen LogP contribution >= 0.6 is 0 Å². The molecule has 1 aliphatic carbocycles. The van der Waals surface area contributed by atoms with Crippen molar-refractivity contribution in [3.05, 3.63) is 70.3 Å². The third kappa shape index (κ3) is 2.57. The number of fused-ring (bicyclic) bond motifs is 1. The van der Waals surface area contributed by atoms with Crippen molar-refractivity contribution in [1.29, 1.82) is 0 Å². The summed E-state index contributed by atoms with van der Waals surface area (Å²) in [5, 5.41) is 0. The summed E-state index contributed by atoms with van der Waals surface area (Å²) in [5.74, 6) is 0. The van der Waals surface area contributed by atoms with E-state index in [1.165, 1.54) is 33.4 Å². The average Bonchev–Trinajstić information content (AvgIpc) is 2.71. The summed E-state index contributed by atoms with van der Waals surface area (Å²) in [6, 6.07) is 15.4. The summed E-state index contributed by atoms with van der Waals surface area (Å²) in [7, 11) is 0. The fourth-order valence-corrected chi connectivity index (χ4v) is 2.63. The number of hydrogen-bond donors (Lipinski definition) is 0. The molecular weight excluding hydrogens is 295 g/mol. The van der Waals surface area contributed by atoms with E-state index >= 15 is 0 Å². The van der Waals surface area contributed by atoms with Crippen LogP contribution in [0.25, 0.3) is 11.6 Å². The molecule has 0 unspecified atom stereocenters. The Morgan fingerprint density at radius 1 is 0.889 bits per heavy atom. The van der Waals surface area contributed by atoms with Gasteiger partial charge in [0.25, 0.3) is 0 Å². The normalized spacial score (nSPS) is 12.7. The zero-order valence-electron chi connectivity index (χ0n) is 10.8. The predicted octanol–water partition coefficient (Wildman–Crippen LogP) is 4.40. The summed E-state index contributed by atoms with van der Waals surface area (Å²) in [6.07, 6.45) is 3.39. The van der Waals surface area contributed by atoms with Crippen molar-refractivity contribution in [2.75, 3.05) is 0 Å². The number of allylic oxidation sites excluding steroid dienone is 1. The van der Waals surface area contributed by atoms with E-state index in [2.05, 4.69) is 62.4 Å². The minimum atomic E-state index is 0. The maximum atomic E-state index is 2.32. The van der Waals surface area contributed by atoms with Gasteiger partial charge in [-0.25, -0.2) is 0 Å². The van der Waals surface area contributed by atoms with Crippen LogP contribution in [0.5, 0.6) is 0 Å². The molecule has 0 saturated heterocycles. The minimum Gasteiger partial charge on any atom is -0.0619 e. The first-order valence-corrected chi connectivity index (χ1v) is 6.09. The molecule has 0 N–H and O–H groups in total. The van der Waals surface area contributed by atoms with Gasteiger partial charge in [-0.2, -0.15) is 0 Å². The molecule has 2 aromatic carbocycles. The Balaban J connectivity index is 0.00000120. The fourth-order valence-electron chi connectivity index (χ4n) is 2.63. The van der Waals surface area contributed by atoms with Gasteiger partial charge in [-0.3, -0.25) is 0 Å². The Labute approximate surface area is 128 Å². The molecule has 0 heterocycles. The van der Waals surface area contributed by atoms with Crippen molar-refractivity contribution >= 4 is 11.6 Å². The monoisotopic (exact) mass is 310 g/mol. The van der Waals surface area contributed by atoms with Crippen LogP contribution < -0.4 is 0 Å². The Morgan fingerprint density at radius 3 is 2.22 bits per heavy atom. The van der Waals surface area contributed by atoms with E-state index in [1.54, 1.807) is 0 Å². The van der Waals surface area contributed by atoms with E-state index in [4.69, 9.17) is 0 Å². The topological polar surface area (TPSA) is 0 Å². The molecule has 0 amide bonds. The molecule has 18 heavy (non-hydrogen) atoms. The summed E-state index contributed by atoms with van der Waals surface area (Å²) in [6.45, 7) is 4.33. The molecule has 0 fully saturated rings. The first-order valence-electron chi connectivity index (χ1n) is 6.09. The van der Waals surface area contributed by atoms with Crippen LogP contribution in [-0.4, -0.2) is 0 Å². The summed E-state index contributed by atoms with van der Waals surface area (Å²) in [4.78, 5) is 0. The summed E-state index contributed by atoms with van der Waals surface area (Å²) in [5.41, 5.74) is 8.33. The van der Waals surface area contributed by atoms with Gasteiger partial charge in [0, 0.05) is 26.2 Å². The minimum absolute atomic E-state index is 0. The Kier molecular flexibility index (Phi) is 4.02. The zero-order valence-corrected chi connectivity index (χ0v) is 13.3. The van der Waals surface area contributed by atoms with Crippen molar-refractivity contribution in [2.45, 2.75) is 20.3 Å². The van der Waals surface area contributed by atoms with E-state index < -0.39 is 0 Å². The second-order valence-electron chi connectivity index (χ2n) is 4.92. The van der Waals surface area contributed by atoms with E-state index in [0.717, 1.165) is 6.42 Å². The van der Waals surface area contributed by atoms with Gasteiger partial charge < -0.3 is 0 Å². The van der Waals surface area contributed by atoms with Gasteiger partial charge in [-0.15, -0.1) is 0 Å². The molecule has 88 valence electrons. The SMILES string of the molecule is Cc1cc(C)cc(C2=Cc3ccccc3C2)c1.[Zr]. The van der Waals surface area contributed by atoms with Gasteiger partial charge in [-0.05, 0) is 42.5 Å². The second kappa shape index (κ2) is 5.37. The van der Waals surface area contributed by atoms with Gasteiger partial charge in [0.05, 0.1) is 0 Å². The molecular formula is C17H16Zr. The molecule has 1 heteroatoms.